The second kappa shape index (κ2) is 5.70. The Bertz CT molecular complexity index is 671. The van der Waals surface area contributed by atoms with Crippen LogP contribution in [0.25, 0.3) is 0 Å². The van der Waals surface area contributed by atoms with Crippen molar-refractivity contribution in [3.05, 3.63) is 62.6 Å². The third-order valence-corrected chi connectivity index (χ3v) is 3.26. The third-order valence-electron chi connectivity index (χ3n) is 2.56. The van der Waals surface area contributed by atoms with Gasteiger partial charge in [-0.2, -0.15) is 0 Å². The monoisotopic (exact) mass is 336 g/mol. The van der Waals surface area contributed by atoms with E-state index in [9.17, 15) is 14.9 Å². The number of non-ortho nitro benzene ring substituents is 1. The third kappa shape index (κ3) is 3.12. The highest BCUT2D eigenvalue weighted by Gasteiger charge is 2.09. The van der Waals surface area contributed by atoms with Crippen molar-refractivity contribution in [1.29, 1.82) is 0 Å². The lowest BCUT2D eigenvalue weighted by atomic mass is 10.2. The average Bonchev–Trinajstić information content (AvgIpc) is 2.41. The summed E-state index contributed by atoms with van der Waals surface area (Å²) in [4.78, 5) is 21.1. The molecule has 102 valence electrons. The van der Waals surface area contributed by atoms with Gasteiger partial charge in [0.05, 0.1) is 10.5 Å². The summed E-state index contributed by atoms with van der Waals surface area (Å²) < 4.78 is 0.485. The van der Waals surface area contributed by atoms with Crippen molar-refractivity contribution in [2.75, 3.05) is 5.32 Å². The molecule has 7 heteroatoms. The zero-order valence-electron chi connectivity index (χ0n) is 10.0. The van der Waals surface area contributed by atoms with Crippen molar-refractivity contribution in [3.8, 4) is 0 Å². The molecule has 0 spiro atoms. The smallest absolute Gasteiger partial charge is 0.336 e. The van der Waals surface area contributed by atoms with Gasteiger partial charge in [0.15, 0.2) is 0 Å². The number of hydrogen-bond donors (Lipinski definition) is 2. The van der Waals surface area contributed by atoms with E-state index in [1.54, 1.807) is 24.3 Å². The number of aromatic carboxylic acids is 1. The van der Waals surface area contributed by atoms with Crippen LogP contribution in [0.4, 0.5) is 17.1 Å². The number of rotatable bonds is 4. The van der Waals surface area contributed by atoms with Crippen molar-refractivity contribution in [2.45, 2.75) is 0 Å². The van der Waals surface area contributed by atoms with E-state index in [-0.39, 0.29) is 11.3 Å². The summed E-state index contributed by atoms with van der Waals surface area (Å²) in [5, 5.41) is 22.5. The maximum Gasteiger partial charge on any atom is 0.336 e. The largest absolute Gasteiger partial charge is 0.478 e. The van der Waals surface area contributed by atoms with E-state index in [1.807, 2.05) is 0 Å². The molecule has 0 radical (unpaired) electrons. The number of nitro groups is 1. The summed E-state index contributed by atoms with van der Waals surface area (Å²) in [7, 11) is 0. The molecule has 2 rings (SSSR count). The Morgan fingerprint density at radius 3 is 2.30 bits per heavy atom. The lowest BCUT2D eigenvalue weighted by molar-refractivity contribution is -0.384. The van der Waals surface area contributed by atoms with E-state index in [2.05, 4.69) is 21.2 Å². The number of carbonyl (C=O) groups is 1. The number of nitro benzene ring substituents is 1. The van der Waals surface area contributed by atoms with Gasteiger partial charge in [-0.3, -0.25) is 10.1 Å². The lowest BCUT2D eigenvalue weighted by Gasteiger charge is -2.08. The normalized spacial score (nSPS) is 10.1. The molecule has 0 heterocycles. The SMILES string of the molecule is O=C(O)c1cc(Nc2ccc([N+](=O)[O-])cc2)ccc1Br. The molecule has 20 heavy (non-hydrogen) atoms. The Balaban J connectivity index is 2.23. The fourth-order valence-electron chi connectivity index (χ4n) is 1.60. The van der Waals surface area contributed by atoms with E-state index in [4.69, 9.17) is 5.11 Å². The molecule has 0 aliphatic carbocycles. The van der Waals surface area contributed by atoms with Gasteiger partial charge in [-0.1, -0.05) is 0 Å². The Labute approximate surface area is 122 Å². The Morgan fingerprint density at radius 2 is 1.75 bits per heavy atom. The van der Waals surface area contributed by atoms with Gasteiger partial charge < -0.3 is 10.4 Å². The molecular formula is C13H9BrN2O4. The summed E-state index contributed by atoms with van der Waals surface area (Å²) in [5.74, 6) is -1.04. The zero-order chi connectivity index (χ0) is 14.7. The second-order valence-corrected chi connectivity index (χ2v) is 4.78. The predicted octanol–water partition coefficient (Wildman–Crippen LogP) is 3.80. The van der Waals surface area contributed by atoms with E-state index in [1.165, 1.54) is 18.2 Å². The summed E-state index contributed by atoms with van der Waals surface area (Å²) in [6, 6.07) is 10.7. The molecule has 0 amide bonds. The summed E-state index contributed by atoms with van der Waals surface area (Å²) in [6.45, 7) is 0. The van der Waals surface area contributed by atoms with Crippen molar-refractivity contribution in [1.82, 2.24) is 0 Å². The minimum absolute atomic E-state index is 0.00224. The quantitative estimate of drug-likeness (QED) is 0.654. The highest BCUT2D eigenvalue weighted by Crippen LogP contribution is 2.24. The number of carboxylic acids is 1. The number of nitrogens with zero attached hydrogens (tertiary/aromatic N) is 1. The Morgan fingerprint density at radius 1 is 1.15 bits per heavy atom. The molecule has 0 atom stereocenters. The number of halogens is 1. The molecule has 0 aliphatic rings. The van der Waals surface area contributed by atoms with Crippen LogP contribution in [0, 0.1) is 10.1 Å². The minimum atomic E-state index is -1.04. The van der Waals surface area contributed by atoms with Gasteiger partial charge in [0.2, 0.25) is 0 Å². The summed E-state index contributed by atoms with van der Waals surface area (Å²) in [6.07, 6.45) is 0. The predicted molar refractivity (Wildman–Crippen MR) is 77.5 cm³/mol. The van der Waals surface area contributed by atoms with Crippen LogP contribution in [-0.4, -0.2) is 16.0 Å². The molecule has 2 N–H and O–H groups in total. The van der Waals surface area contributed by atoms with Crippen LogP contribution in [0.2, 0.25) is 0 Å². The molecular weight excluding hydrogens is 328 g/mol. The van der Waals surface area contributed by atoms with Gasteiger partial charge in [0, 0.05) is 28.0 Å². The molecule has 6 nitrogen and oxygen atoms in total. The highest BCUT2D eigenvalue weighted by molar-refractivity contribution is 9.10. The van der Waals surface area contributed by atoms with Gasteiger partial charge in [0.25, 0.3) is 5.69 Å². The fraction of sp³-hybridized carbons (Fsp3) is 0. The van der Waals surface area contributed by atoms with Crippen LogP contribution in [0.5, 0.6) is 0 Å². The van der Waals surface area contributed by atoms with Crippen LogP contribution in [0.1, 0.15) is 10.4 Å². The van der Waals surface area contributed by atoms with Crippen LogP contribution < -0.4 is 5.32 Å². The lowest BCUT2D eigenvalue weighted by Crippen LogP contribution is -1.99. The van der Waals surface area contributed by atoms with E-state index in [0.29, 0.717) is 15.8 Å². The first-order valence-electron chi connectivity index (χ1n) is 5.51. The van der Waals surface area contributed by atoms with Crippen LogP contribution in [0.3, 0.4) is 0 Å². The van der Waals surface area contributed by atoms with Crippen molar-refractivity contribution < 1.29 is 14.8 Å². The number of hydrogen-bond acceptors (Lipinski definition) is 4. The molecule has 2 aromatic rings. The van der Waals surface area contributed by atoms with Crippen molar-refractivity contribution in [2.24, 2.45) is 0 Å². The minimum Gasteiger partial charge on any atom is -0.478 e. The summed E-state index contributed by atoms with van der Waals surface area (Å²) >= 11 is 3.16. The number of carboxylic acid groups (broad SMARTS) is 1. The van der Waals surface area contributed by atoms with Gasteiger partial charge in [0.1, 0.15) is 0 Å². The standard InChI is InChI=1S/C13H9BrN2O4/c14-12-6-3-9(7-11(12)13(17)18)15-8-1-4-10(5-2-8)16(19)20/h1-7,15H,(H,17,18). The first kappa shape index (κ1) is 14.0. The average molecular weight is 337 g/mol. The maximum absolute atomic E-state index is 11.0. The maximum atomic E-state index is 11.0. The number of benzene rings is 2. The van der Waals surface area contributed by atoms with Gasteiger partial charge in [-0.15, -0.1) is 0 Å². The second-order valence-electron chi connectivity index (χ2n) is 3.93. The molecule has 0 unspecified atom stereocenters. The number of nitrogens with one attached hydrogen (secondary N) is 1. The van der Waals surface area contributed by atoms with Gasteiger partial charge in [-0.25, -0.2) is 4.79 Å². The van der Waals surface area contributed by atoms with Crippen LogP contribution >= 0.6 is 15.9 Å². The molecule has 2 aromatic carbocycles. The molecule has 0 aromatic heterocycles. The van der Waals surface area contributed by atoms with Gasteiger partial charge in [-0.05, 0) is 46.3 Å². The summed E-state index contributed by atoms with van der Waals surface area (Å²) in [5.41, 5.74) is 1.35. The molecule has 0 bridgehead atoms. The first-order valence-corrected chi connectivity index (χ1v) is 6.31. The van der Waals surface area contributed by atoms with E-state index >= 15 is 0 Å². The first-order chi connectivity index (χ1) is 9.47. The molecule has 0 aliphatic heterocycles. The molecule has 0 saturated heterocycles. The van der Waals surface area contributed by atoms with Crippen LogP contribution in [-0.2, 0) is 0 Å². The zero-order valence-corrected chi connectivity index (χ0v) is 11.6. The fourth-order valence-corrected chi connectivity index (χ4v) is 2.02. The van der Waals surface area contributed by atoms with E-state index in [0.717, 1.165) is 0 Å². The Kier molecular flexibility index (Phi) is 3.99. The topological polar surface area (TPSA) is 92.5 Å². The number of anilines is 2. The van der Waals surface area contributed by atoms with Crippen molar-refractivity contribution >= 4 is 39.0 Å². The highest BCUT2D eigenvalue weighted by atomic mass is 79.9. The molecule has 0 fully saturated rings. The Hall–Kier alpha value is -2.41. The molecule has 0 saturated carbocycles. The van der Waals surface area contributed by atoms with Crippen molar-refractivity contribution in [3.63, 3.8) is 0 Å². The van der Waals surface area contributed by atoms with E-state index < -0.39 is 10.9 Å². The van der Waals surface area contributed by atoms with Gasteiger partial charge >= 0.3 is 5.97 Å². The van der Waals surface area contributed by atoms with Crippen LogP contribution in [0.15, 0.2) is 46.9 Å².